The van der Waals surface area contributed by atoms with Gasteiger partial charge in [-0.25, -0.2) is 17.5 Å². The lowest BCUT2D eigenvalue weighted by Crippen LogP contribution is -2.38. The van der Waals surface area contributed by atoms with Crippen molar-refractivity contribution in [3.8, 4) is 0 Å². The molecule has 0 aliphatic carbocycles. The Kier molecular flexibility index (Phi) is 6.15. The summed E-state index contributed by atoms with van der Waals surface area (Å²) < 4.78 is 44.4. The van der Waals surface area contributed by atoms with Crippen LogP contribution in [0.3, 0.4) is 0 Å². The molecule has 0 aliphatic rings. The van der Waals surface area contributed by atoms with Gasteiger partial charge in [0.15, 0.2) is 0 Å². The van der Waals surface area contributed by atoms with Crippen LogP contribution in [0.15, 0.2) is 23.1 Å². The van der Waals surface area contributed by atoms with E-state index in [9.17, 15) is 12.8 Å². The second-order valence-electron chi connectivity index (χ2n) is 3.86. The van der Waals surface area contributed by atoms with E-state index >= 15 is 0 Å². The topological polar surface area (TPSA) is 75.6 Å². The van der Waals surface area contributed by atoms with Crippen molar-refractivity contribution in [3.63, 3.8) is 0 Å². The highest BCUT2D eigenvalue weighted by Crippen LogP contribution is 2.22. The molecule has 0 amide bonds. The Morgan fingerprint density at radius 2 is 2.21 bits per heavy atom. The predicted molar refractivity (Wildman–Crippen MR) is 69.1 cm³/mol. The zero-order valence-electron chi connectivity index (χ0n) is 10.3. The number of methoxy groups -OCH3 is 1. The van der Waals surface area contributed by atoms with Crippen LogP contribution >= 0.6 is 11.6 Å². The first-order chi connectivity index (χ1) is 8.90. The minimum atomic E-state index is -3.97. The molecule has 1 rings (SSSR count). The fourth-order valence-electron chi connectivity index (χ4n) is 1.50. The van der Waals surface area contributed by atoms with Crippen molar-refractivity contribution in [1.82, 2.24) is 4.72 Å². The van der Waals surface area contributed by atoms with Crippen LogP contribution in [0.4, 0.5) is 4.39 Å². The highest BCUT2D eigenvalue weighted by molar-refractivity contribution is 7.89. The molecule has 1 aromatic rings. The monoisotopic (exact) mass is 311 g/mol. The summed E-state index contributed by atoms with van der Waals surface area (Å²) >= 11 is 5.75. The van der Waals surface area contributed by atoms with Gasteiger partial charge in [0.1, 0.15) is 10.7 Å². The van der Waals surface area contributed by atoms with Crippen LogP contribution in [0.2, 0.25) is 5.02 Å². The summed E-state index contributed by atoms with van der Waals surface area (Å²) in [4.78, 5) is -0.340. The number of benzene rings is 1. The molecule has 0 bridgehead atoms. The van der Waals surface area contributed by atoms with Gasteiger partial charge >= 0.3 is 0 Å². The summed E-state index contributed by atoms with van der Waals surface area (Å²) in [5.41, 5.74) is 0. The Hall–Kier alpha value is -0.730. The van der Waals surface area contributed by atoms with Gasteiger partial charge in [-0.15, -0.1) is 0 Å². The van der Waals surface area contributed by atoms with Gasteiger partial charge in [0.2, 0.25) is 10.0 Å². The average Bonchev–Trinajstić information content (AvgIpc) is 2.32. The molecule has 1 unspecified atom stereocenters. The molecular weight excluding hydrogens is 297 g/mol. The number of hydrogen-bond acceptors (Lipinski definition) is 4. The Morgan fingerprint density at radius 1 is 1.53 bits per heavy atom. The SMILES string of the molecule is COCC(CCO)NS(=O)(=O)c1cc(F)ccc1Cl. The summed E-state index contributed by atoms with van der Waals surface area (Å²) in [6.07, 6.45) is 0.181. The van der Waals surface area contributed by atoms with Crippen LogP contribution < -0.4 is 4.72 Å². The number of aliphatic hydroxyl groups excluding tert-OH is 1. The van der Waals surface area contributed by atoms with Gasteiger partial charge in [-0.1, -0.05) is 11.6 Å². The van der Waals surface area contributed by atoms with Gasteiger partial charge in [0.25, 0.3) is 0 Å². The first kappa shape index (κ1) is 16.3. The molecule has 108 valence electrons. The van der Waals surface area contributed by atoms with Crippen molar-refractivity contribution < 1.29 is 22.7 Å². The van der Waals surface area contributed by atoms with Crippen molar-refractivity contribution >= 4 is 21.6 Å². The number of halogens is 2. The zero-order valence-corrected chi connectivity index (χ0v) is 11.8. The maximum atomic E-state index is 13.1. The van der Waals surface area contributed by atoms with Crippen molar-refractivity contribution in [2.75, 3.05) is 20.3 Å². The lowest BCUT2D eigenvalue weighted by atomic mass is 10.2. The van der Waals surface area contributed by atoms with Crippen molar-refractivity contribution in [2.45, 2.75) is 17.4 Å². The fourth-order valence-corrected chi connectivity index (χ4v) is 3.27. The molecule has 0 saturated heterocycles. The molecule has 2 N–H and O–H groups in total. The van der Waals surface area contributed by atoms with Crippen molar-refractivity contribution in [3.05, 3.63) is 29.0 Å². The smallest absolute Gasteiger partial charge is 0.242 e. The van der Waals surface area contributed by atoms with Crippen molar-refractivity contribution in [1.29, 1.82) is 0 Å². The van der Waals surface area contributed by atoms with E-state index in [1.165, 1.54) is 13.2 Å². The molecule has 5 nitrogen and oxygen atoms in total. The fraction of sp³-hybridized carbons (Fsp3) is 0.455. The van der Waals surface area contributed by atoms with Gasteiger partial charge in [-0.2, -0.15) is 0 Å². The van der Waals surface area contributed by atoms with Gasteiger partial charge in [0.05, 0.1) is 11.6 Å². The quantitative estimate of drug-likeness (QED) is 0.792. The predicted octanol–water partition coefficient (Wildman–Crippen LogP) is 1.15. The maximum Gasteiger partial charge on any atom is 0.242 e. The van der Waals surface area contributed by atoms with E-state index < -0.39 is 21.9 Å². The number of sulfonamides is 1. The number of ether oxygens (including phenoxy) is 1. The molecule has 0 spiro atoms. The van der Waals surface area contributed by atoms with Crippen LogP contribution in [0, 0.1) is 5.82 Å². The second kappa shape index (κ2) is 7.16. The minimum Gasteiger partial charge on any atom is -0.396 e. The molecule has 0 saturated carbocycles. The van der Waals surface area contributed by atoms with Crippen LogP contribution in [0.1, 0.15) is 6.42 Å². The molecular formula is C11H15ClFNO4S. The zero-order chi connectivity index (χ0) is 14.5. The van der Waals surface area contributed by atoms with E-state index in [0.29, 0.717) is 0 Å². The summed E-state index contributed by atoms with van der Waals surface area (Å²) in [6.45, 7) is -0.111. The molecule has 8 heteroatoms. The van der Waals surface area contributed by atoms with Crippen LogP contribution in [-0.4, -0.2) is 39.9 Å². The average molecular weight is 312 g/mol. The number of rotatable bonds is 7. The normalized spacial score (nSPS) is 13.5. The molecule has 1 aromatic carbocycles. The number of aliphatic hydroxyl groups is 1. The Bertz CT molecular complexity index is 517. The van der Waals surface area contributed by atoms with Crippen LogP contribution in [0.5, 0.6) is 0 Å². The third-order valence-electron chi connectivity index (χ3n) is 2.35. The van der Waals surface area contributed by atoms with E-state index in [4.69, 9.17) is 21.4 Å². The van der Waals surface area contributed by atoms with Gasteiger partial charge in [-0.05, 0) is 24.6 Å². The van der Waals surface area contributed by atoms with Gasteiger partial charge in [0, 0.05) is 19.8 Å². The summed E-state index contributed by atoms with van der Waals surface area (Å²) in [5.74, 6) is -0.699. The van der Waals surface area contributed by atoms with E-state index in [0.717, 1.165) is 12.1 Å². The number of hydrogen-bond donors (Lipinski definition) is 2. The molecule has 0 radical (unpaired) electrons. The third kappa shape index (κ3) is 4.70. The molecule has 19 heavy (non-hydrogen) atoms. The van der Waals surface area contributed by atoms with Gasteiger partial charge in [-0.3, -0.25) is 0 Å². The Morgan fingerprint density at radius 3 is 2.79 bits per heavy atom. The second-order valence-corrected chi connectivity index (χ2v) is 5.95. The molecule has 0 heterocycles. The molecule has 0 fully saturated rings. The summed E-state index contributed by atoms with van der Waals surface area (Å²) in [6, 6.07) is 2.47. The van der Waals surface area contributed by atoms with E-state index in [2.05, 4.69) is 4.72 Å². The third-order valence-corrected chi connectivity index (χ3v) is 4.35. The Labute approximate surface area is 116 Å². The molecule has 0 aromatic heterocycles. The highest BCUT2D eigenvalue weighted by atomic mass is 35.5. The van der Waals surface area contributed by atoms with E-state index in [-0.39, 0.29) is 29.6 Å². The lowest BCUT2D eigenvalue weighted by Gasteiger charge is -2.17. The van der Waals surface area contributed by atoms with Crippen molar-refractivity contribution in [2.24, 2.45) is 0 Å². The largest absolute Gasteiger partial charge is 0.396 e. The van der Waals surface area contributed by atoms with Crippen LogP contribution in [0.25, 0.3) is 0 Å². The molecule has 1 atom stereocenters. The first-order valence-corrected chi connectivity index (χ1v) is 7.34. The minimum absolute atomic E-state index is 0.0749. The maximum absolute atomic E-state index is 13.1. The Balaban J connectivity index is 2.99. The number of nitrogens with one attached hydrogen (secondary N) is 1. The van der Waals surface area contributed by atoms with Crippen LogP contribution in [-0.2, 0) is 14.8 Å². The van der Waals surface area contributed by atoms with Gasteiger partial charge < -0.3 is 9.84 Å². The lowest BCUT2D eigenvalue weighted by molar-refractivity contribution is 0.158. The first-order valence-electron chi connectivity index (χ1n) is 5.48. The standard InChI is InChI=1S/C11H15ClFNO4S/c1-18-7-9(4-5-15)14-19(16,17)11-6-8(13)2-3-10(11)12/h2-3,6,9,14-15H,4-5,7H2,1H3. The summed E-state index contributed by atoms with van der Waals surface area (Å²) in [5, 5.41) is 8.78. The molecule has 0 aliphatic heterocycles. The van der Waals surface area contributed by atoms with E-state index in [1.54, 1.807) is 0 Å². The highest BCUT2D eigenvalue weighted by Gasteiger charge is 2.22. The van der Waals surface area contributed by atoms with E-state index in [1.807, 2.05) is 0 Å². The summed E-state index contributed by atoms with van der Waals surface area (Å²) in [7, 11) is -2.56.